The van der Waals surface area contributed by atoms with Crippen LogP contribution >= 0.6 is 15.9 Å². The summed E-state index contributed by atoms with van der Waals surface area (Å²) >= 11 is 3.45. The maximum absolute atomic E-state index is 12.4. The fraction of sp³-hybridized carbons (Fsp3) is 0.533. The van der Waals surface area contributed by atoms with Gasteiger partial charge in [0.2, 0.25) is 0 Å². The minimum Gasteiger partial charge on any atom is -0.321 e. The van der Waals surface area contributed by atoms with E-state index in [-0.39, 0.29) is 12.1 Å². The number of carbonyl (C=O) groups excluding carboxylic acids is 1. The van der Waals surface area contributed by atoms with Crippen molar-refractivity contribution in [2.75, 3.05) is 26.7 Å². The molecule has 1 aromatic rings. The number of hydrogen-bond donors (Lipinski definition) is 1. The Hall–Kier alpha value is -1.07. The van der Waals surface area contributed by atoms with Crippen LogP contribution in [0, 0.1) is 0 Å². The van der Waals surface area contributed by atoms with Crippen LogP contribution in [0.3, 0.4) is 0 Å². The predicted molar refractivity (Wildman–Crippen MR) is 82.6 cm³/mol. The molecule has 108 valence electrons. The summed E-state index contributed by atoms with van der Waals surface area (Å²) in [6.45, 7) is 2.70. The molecule has 4 nitrogen and oxygen atoms in total. The van der Waals surface area contributed by atoms with Gasteiger partial charge in [0.25, 0.3) is 0 Å². The standard InChI is InChI=1S/C15H20BrN3O/c1-18-14(11-4-6-12(16)7-5-11)10-19(15(18)20)9-13-3-2-8-17-13/h4-7,13-14,17H,2-3,8-10H2,1H3. The molecule has 5 heteroatoms. The molecule has 2 saturated heterocycles. The van der Waals surface area contributed by atoms with Crippen LogP contribution in [-0.2, 0) is 0 Å². The van der Waals surface area contributed by atoms with Gasteiger partial charge in [-0.25, -0.2) is 4.79 Å². The summed E-state index contributed by atoms with van der Waals surface area (Å²) in [4.78, 5) is 16.2. The number of urea groups is 1. The Bertz CT molecular complexity index is 484. The first-order chi connectivity index (χ1) is 9.65. The molecule has 0 aromatic heterocycles. The summed E-state index contributed by atoms with van der Waals surface area (Å²) in [6, 6.07) is 9.04. The number of amides is 2. The van der Waals surface area contributed by atoms with Gasteiger partial charge >= 0.3 is 6.03 Å². The highest BCUT2D eigenvalue weighted by molar-refractivity contribution is 9.10. The smallest absolute Gasteiger partial charge is 0.320 e. The van der Waals surface area contributed by atoms with Gasteiger partial charge in [0.1, 0.15) is 0 Å². The first-order valence-electron chi connectivity index (χ1n) is 7.16. The van der Waals surface area contributed by atoms with Crippen molar-refractivity contribution < 1.29 is 4.79 Å². The minimum absolute atomic E-state index is 0.145. The number of likely N-dealkylation sites (N-methyl/N-ethyl adjacent to an activating group) is 1. The van der Waals surface area contributed by atoms with Crippen LogP contribution in [0.4, 0.5) is 4.79 Å². The summed E-state index contributed by atoms with van der Waals surface area (Å²) in [5.41, 5.74) is 1.20. The largest absolute Gasteiger partial charge is 0.321 e. The average molecular weight is 338 g/mol. The van der Waals surface area contributed by atoms with Gasteiger partial charge in [-0.05, 0) is 37.1 Å². The molecule has 0 bridgehead atoms. The molecule has 1 N–H and O–H groups in total. The van der Waals surface area contributed by atoms with Crippen LogP contribution in [0.2, 0.25) is 0 Å². The zero-order chi connectivity index (χ0) is 14.1. The summed E-state index contributed by atoms with van der Waals surface area (Å²) in [7, 11) is 1.90. The van der Waals surface area contributed by atoms with E-state index in [2.05, 4.69) is 33.4 Å². The molecular weight excluding hydrogens is 318 g/mol. The number of rotatable bonds is 3. The molecule has 3 rings (SSSR count). The van der Waals surface area contributed by atoms with E-state index in [4.69, 9.17) is 0 Å². The van der Waals surface area contributed by atoms with Crippen molar-refractivity contribution in [3.63, 3.8) is 0 Å². The van der Waals surface area contributed by atoms with Gasteiger partial charge in [-0.2, -0.15) is 0 Å². The molecule has 0 radical (unpaired) electrons. The van der Waals surface area contributed by atoms with Crippen molar-refractivity contribution in [2.24, 2.45) is 0 Å². The molecule has 2 aliphatic rings. The van der Waals surface area contributed by atoms with Gasteiger partial charge in [0, 0.05) is 30.7 Å². The molecule has 0 aliphatic carbocycles. The van der Waals surface area contributed by atoms with E-state index in [0.29, 0.717) is 6.04 Å². The number of nitrogens with one attached hydrogen (secondary N) is 1. The molecule has 1 aromatic carbocycles. The Kier molecular flexibility index (Phi) is 3.98. The second-order valence-electron chi connectivity index (χ2n) is 5.66. The first kappa shape index (κ1) is 13.9. The lowest BCUT2D eigenvalue weighted by molar-refractivity contribution is 0.192. The van der Waals surface area contributed by atoms with Gasteiger partial charge < -0.3 is 15.1 Å². The van der Waals surface area contributed by atoms with Gasteiger partial charge in [-0.15, -0.1) is 0 Å². The summed E-state index contributed by atoms with van der Waals surface area (Å²) in [5, 5.41) is 3.46. The molecular formula is C15H20BrN3O. The SMILES string of the molecule is CN1C(=O)N(CC2CCCN2)CC1c1ccc(Br)cc1. The van der Waals surface area contributed by atoms with Crippen LogP contribution in [-0.4, -0.2) is 48.6 Å². The van der Waals surface area contributed by atoms with E-state index in [0.717, 1.165) is 24.1 Å². The zero-order valence-electron chi connectivity index (χ0n) is 11.7. The van der Waals surface area contributed by atoms with Crippen LogP contribution in [0.15, 0.2) is 28.7 Å². The molecule has 2 aliphatic heterocycles. The monoisotopic (exact) mass is 337 g/mol. The Balaban J connectivity index is 1.71. The first-order valence-corrected chi connectivity index (χ1v) is 7.95. The maximum atomic E-state index is 12.4. The van der Waals surface area contributed by atoms with Crippen molar-refractivity contribution in [2.45, 2.75) is 24.9 Å². The number of benzene rings is 1. The fourth-order valence-corrected chi connectivity index (χ4v) is 3.38. The fourth-order valence-electron chi connectivity index (χ4n) is 3.11. The molecule has 2 heterocycles. The number of nitrogens with zero attached hydrogens (tertiary/aromatic N) is 2. The lowest BCUT2D eigenvalue weighted by Gasteiger charge is -2.19. The number of carbonyl (C=O) groups is 1. The highest BCUT2D eigenvalue weighted by Crippen LogP contribution is 2.29. The molecule has 2 amide bonds. The van der Waals surface area contributed by atoms with Crippen LogP contribution in [0.1, 0.15) is 24.4 Å². The maximum Gasteiger partial charge on any atom is 0.320 e. The second-order valence-corrected chi connectivity index (χ2v) is 6.57. The normalized spacial score (nSPS) is 26.6. The number of hydrogen-bond acceptors (Lipinski definition) is 2. The van der Waals surface area contributed by atoms with Crippen molar-refractivity contribution in [3.8, 4) is 0 Å². The highest BCUT2D eigenvalue weighted by Gasteiger charge is 2.36. The van der Waals surface area contributed by atoms with E-state index in [1.165, 1.54) is 18.4 Å². The summed E-state index contributed by atoms with van der Waals surface area (Å²) in [5.74, 6) is 0. The second kappa shape index (κ2) is 5.74. The molecule has 20 heavy (non-hydrogen) atoms. The van der Waals surface area contributed by atoms with Crippen molar-refractivity contribution in [3.05, 3.63) is 34.3 Å². The zero-order valence-corrected chi connectivity index (χ0v) is 13.3. The van der Waals surface area contributed by atoms with Gasteiger partial charge in [0.15, 0.2) is 0 Å². The van der Waals surface area contributed by atoms with Crippen LogP contribution in [0.5, 0.6) is 0 Å². The number of halogens is 1. The van der Waals surface area contributed by atoms with Crippen LogP contribution < -0.4 is 5.32 Å². The van der Waals surface area contributed by atoms with Gasteiger partial charge in [-0.1, -0.05) is 28.1 Å². The van der Waals surface area contributed by atoms with Crippen LogP contribution in [0.25, 0.3) is 0 Å². The van der Waals surface area contributed by atoms with E-state index in [1.54, 1.807) is 0 Å². The summed E-state index contributed by atoms with van der Waals surface area (Å²) in [6.07, 6.45) is 2.40. The predicted octanol–water partition coefficient (Wildman–Crippen LogP) is 2.61. The Morgan fingerprint density at radius 1 is 1.35 bits per heavy atom. The summed E-state index contributed by atoms with van der Waals surface area (Å²) < 4.78 is 1.07. The third kappa shape index (κ3) is 2.69. The Morgan fingerprint density at radius 3 is 2.75 bits per heavy atom. The minimum atomic E-state index is 0.145. The molecule has 2 unspecified atom stereocenters. The molecule has 0 spiro atoms. The third-order valence-electron chi connectivity index (χ3n) is 4.29. The van der Waals surface area contributed by atoms with Crippen molar-refractivity contribution in [1.82, 2.24) is 15.1 Å². The third-order valence-corrected chi connectivity index (χ3v) is 4.82. The average Bonchev–Trinajstić information content (AvgIpc) is 3.04. The highest BCUT2D eigenvalue weighted by atomic mass is 79.9. The topological polar surface area (TPSA) is 35.6 Å². The van der Waals surface area contributed by atoms with E-state index in [9.17, 15) is 4.79 Å². The van der Waals surface area contributed by atoms with Crippen molar-refractivity contribution >= 4 is 22.0 Å². The molecule has 2 atom stereocenters. The molecule has 2 fully saturated rings. The lowest BCUT2D eigenvalue weighted by atomic mass is 10.1. The van der Waals surface area contributed by atoms with Gasteiger partial charge in [0.05, 0.1) is 6.04 Å². The lowest BCUT2D eigenvalue weighted by Crippen LogP contribution is -2.39. The Morgan fingerprint density at radius 2 is 2.10 bits per heavy atom. The van der Waals surface area contributed by atoms with E-state index in [1.807, 2.05) is 29.0 Å². The van der Waals surface area contributed by atoms with Gasteiger partial charge in [-0.3, -0.25) is 0 Å². The van der Waals surface area contributed by atoms with E-state index >= 15 is 0 Å². The van der Waals surface area contributed by atoms with E-state index < -0.39 is 0 Å². The molecule has 0 saturated carbocycles. The quantitative estimate of drug-likeness (QED) is 0.920. The van der Waals surface area contributed by atoms with Crippen molar-refractivity contribution in [1.29, 1.82) is 0 Å². The Labute approximate surface area is 128 Å².